The van der Waals surface area contributed by atoms with Crippen LogP contribution in [0.25, 0.3) is 0 Å². The van der Waals surface area contributed by atoms with Gasteiger partial charge in [-0.3, -0.25) is 9.69 Å². The first-order valence-corrected chi connectivity index (χ1v) is 9.70. The standard InChI is InChI=1S/C11H22O2.C8H19NO2/c1-2-3-4-5-6-7-8-9-10-11(12)13;1-4-5-6-9(7(2)10)8(3)11/h2-10H2,1H3,(H,12,13);7-8,10-11H,4-6H2,1-3H3. The van der Waals surface area contributed by atoms with Crippen LogP contribution in [0.2, 0.25) is 0 Å². The second-order valence-electron chi connectivity index (χ2n) is 6.47. The van der Waals surface area contributed by atoms with Crippen LogP contribution < -0.4 is 0 Å². The Morgan fingerprint density at radius 3 is 1.58 bits per heavy atom. The molecule has 0 bridgehead atoms. The van der Waals surface area contributed by atoms with E-state index >= 15 is 0 Å². The summed E-state index contributed by atoms with van der Waals surface area (Å²) < 4.78 is 0. The van der Waals surface area contributed by atoms with Gasteiger partial charge in [-0.2, -0.15) is 0 Å². The maximum atomic E-state index is 10.2. The Balaban J connectivity index is 0. The van der Waals surface area contributed by atoms with E-state index in [0.717, 1.165) is 32.2 Å². The molecule has 24 heavy (non-hydrogen) atoms. The maximum Gasteiger partial charge on any atom is 0.303 e. The van der Waals surface area contributed by atoms with Crippen molar-refractivity contribution >= 4 is 5.97 Å². The lowest BCUT2D eigenvalue weighted by Gasteiger charge is -2.27. The van der Waals surface area contributed by atoms with E-state index in [9.17, 15) is 15.0 Å². The molecular weight excluding hydrogens is 306 g/mol. The monoisotopic (exact) mass is 347 g/mol. The van der Waals surface area contributed by atoms with Gasteiger partial charge in [0.05, 0.1) is 0 Å². The quantitative estimate of drug-likeness (QED) is 0.321. The average molecular weight is 348 g/mol. The highest BCUT2D eigenvalue weighted by Gasteiger charge is 2.14. The molecule has 0 aromatic carbocycles. The molecule has 0 rings (SSSR count). The van der Waals surface area contributed by atoms with E-state index in [4.69, 9.17) is 5.11 Å². The Bertz CT molecular complexity index is 262. The largest absolute Gasteiger partial charge is 0.481 e. The van der Waals surface area contributed by atoms with E-state index in [1.54, 1.807) is 18.7 Å². The van der Waals surface area contributed by atoms with E-state index < -0.39 is 18.4 Å². The normalized spacial score (nSPS) is 13.3. The minimum Gasteiger partial charge on any atom is -0.481 e. The number of hydrogen-bond acceptors (Lipinski definition) is 4. The van der Waals surface area contributed by atoms with Crippen molar-refractivity contribution in [1.82, 2.24) is 4.90 Å². The molecule has 0 fully saturated rings. The lowest BCUT2D eigenvalue weighted by molar-refractivity contribution is -0.137. The molecule has 0 saturated carbocycles. The van der Waals surface area contributed by atoms with Gasteiger partial charge in [0.25, 0.3) is 0 Å². The molecule has 0 heterocycles. The van der Waals surface area contributed by atoms with Crippen LogP contribution in [-0.4, -0.2) is 45.2 Å². The zero-order valence-corrected chi connectivity index (χ0v) is 16.3. The molecule has 5 heteroatoms. The van der Waals surface area contributed by atoms with E-state index in [0.29, 0.717) is 6.42 Å². The molecule has 0 aromatic heterocycles. The van der Waals surface area contributed by atoms with Crippen molar-refractivity contribution < 1.29 is 20.1 Å². The maximum absolute atomic E-state index is 10.2. The van der Waals surface area contributed by atoms with Crippen LogP contribution in [0.15, 0.2) is 0 Å². The molecule has 0 amide bonds. The fourth-order valence-electron chi connectivity index (χ4n) is 2.44. The van der Waals surface area contributed by atoms with Gasteiger partial charge in [0.15, 0.2) is 0 Å². The van der Waals surface area contributed by atoms with Gasteiger partial charge in [-0.1, -0.05) is 65.2 Å². The number of rotatable bonds is 14. The number of aliphatic hydroxyl groups is 2. The van der Waals surface area contributed by atoms with E-state index in [1.807, 2.05) is 0 Å². The third-order valence-corrected chi connectivity index (χ3v) is 3.97. The van der Waals surface area contributed by atoms with Crippen molar-refractivity contribution in [2.75, 3.05) is 6.54 Å². The summed E-state index contributed by atoms with van der Waals surface area (Å²) in [7, 11) is 0. The van der Waals surface area contributed by atoms with Crippen molar-refractivity contribution in [3.05, 3.63) is 0 Å². The third-order valence-electron chi connectivity index (χ3n) is 3.97. The molecule has 0 spiro atoms. The zero-order chi connectivity index (χ0) is 18.8. The van der Waals surface area contributed by atoms with E-state index in [-0.39, 0.29) is 0 Å². The number of carboxylic acids is 1. The molecule has 2 atom stereocenters. The minimum absolute atomic E-state index is 0.342. The van der Waals surface area contributed by atoms with Crippen LogP contribution in [-0.2, 0) is 4.79 Å². The van der Waals surface area contributed by atoms with Crippen LogP contribution >= 0.6 is 0 Å². The van der Waals surface area contributed by atoms with Gasteiger partial charge in [-0.15, -0.1) is 0 Å². The number of aliphatic hydroxyl groups excluding tert-OH is 2. The predicted molar refractivity (Wildman–Crippen MR) is 99.8 cm³/mol. The molecular formula is C19H41NO4. The number of carbonyl (C=O) groups is 1. The minimum atomic E-state index is -0.661. The summed E-state index contributed by atoms with van der Waals surface area (Å²) in [4.78, 5) is 11.8. The highest BCUT2D eigenvalue weighted by molar-refractivity contribution is 5.66. The van der Waals surface area contributed by atoms with Crippen LogP contribution in [0.4, 0.5) is 0 Å². The molecule has 5 nitrogen and oxygen atoms in total. The molecule has 0 aliphatic rings. The van der Waals surface area contributed by atoms with Crippen LogP contribution in [0, 0.1) is 0 Å². The Kier molecular flexibility index (Phi) is 19.9. The fourth-order valence-corrected chi connectivity index (χ4v) is 2.44. The Morgan fingerprint density at radius 2 is 1.21 bits per heavy atom. The third kappa shape index (κ3) is 19.4. The van der Waals surface area contributed by atoms with Gasteiger partial charge in [-0.05, 0) is 26.7 Å². The molecule has 2 unspecified atom stereocenters. The SMILES string of the molecule is CCCCCCCCCCC(=O)O.CCCCN(C(C)O)C(C)O. The highest BCUT2D eigenvalue weighted by atomic mass is 16.4. The van der Waals surface area contributed by atoms with Crippen LogP contribution in [0.5, 0.6) is 0 Å². The summed E-state index contributed by atoms with van der Waals surface area (Å²) in [6.07, 6.45) is 11.0. The first-order chi connectivity index (χ1) is 11.4. The molecule has 0 aliphatic heterocycles. The van der Waals surface area contributed by atoms with E-state index in [2.05, 4.69) is 13.8 Å². The van der Waals surface area contributed by atoms with Gasteiger partial charge in [0, 0.05) is 13.0 Å². The lowest BCUT2D eigenvalue weighted by Crippen LogP contribution is -2.40. The van der Waals surface area contributed by atoms with Crippen molar-refractivity contribution in [2.24, 2.45) is 0 Å². The molecule has 0 aromatic rings. The summed E-state index contributed by atoms with van der Waals surface area (Å²) in [6.45, 7) is 8.39. The first kappa shape index (κ1) is 25.6. The molecule has 3 N–H and O–H groups in total. The Labute approximate surface area is 149 Å². The molecule has 0 saturated heterocycles. The molecule has 0 aliphatic carbocycles. The van der Waals surface area contributed by atoms with Crippen molar-refractivity contribution in [1.29, 1.82) is 0 Å². The van der Waals surface area contributed by atoms with Crippen LogP contribution in [0.3, 0.4) is 0 Å². The molecule has 0 radical (unpaired) electrons. The summed E-state index contributed by atoms with van der Waals surface area (Å²) in [5, 5.41) is 26.7. The summed E-state index contributed by atoms with van der Waals surface area (Å²) in [6, 6.07) is 0. The average Bonchev–Trinajstić information content (AvgIpc) is 2.50. The number of nitrogens with zero attached hydrogens (tertiary/aromatic N) is 1. The predicted octanol–water partition coefficient (Wildman–Crippen LogP) is 4.37. The van der Waals surface area contributed by atoms with Crippen molar-refractivity contribution in [2.45, 2.75) is 111 Å². The lowest BCUT2D eigenvalue weighted by atomic mass is 10.1. The molecule has 146 valence electrons. The Morgan fingerprint density at radius 1 is 0.792 bits per heavy atom. The second-order valence-corrected chi connectivity index (χ2v) is 6.47. The summed E-state index contributed by atoms with van der Waals surface area (Å²) >= 11 is 0. The van der Waals surface area contributed by atoms with Gasteiger partial charge in [-0.25, -0.2) is 0 Å². The number of hydrogen-bond donors (Lipinski definition) is 3. The van der Waals surface area contributed by atoms with Gasteiger partial charge in [0.1, 0.15) is 12.5 Å². The number of aliphatic carboxylic acids is 1. The topological polar surface area (TPSA) is 81.0 Å². The van der Waals surface area contributed by atoms with E-state index in [1.165, 1.54) is 38.5 Å². The summed E-state index contributed by atoms with van der Waals surface area (Å²) in [5.74, 6) is -0.661. The van der Waals surface area contributed by atoms with Gasteiger partial charge in [0.2, 0.25) is 0 Å². The highest BCUT2D eigenvalue weighted by Crippen LogP contribution is 2.09. The summed E-state index contributed by atoms with van der Waals surface area (Å²) in [5.41, 5.74) is 0. The fraction of sp³-hybridized carbons (Fsp3) is 0.947. The van der Waals surface area contributed by atoms with Crippen molar-refractivity contribution in [3.63, 3.8) is 0 Å². The van der Waals surface area contributed by atoms with Gasteiger partial charge < -0.3 is 15.3 Å². The van der Waals surface area contributed by atoms with Gasteiger partial charge >= 0.3 is 5.97 Å². The second kappa shape index (κ2) is 18.7. The number of carboxylic acid groups (broad SMARTS) is 1. The Hall–Kier alpha value is -0.650. The smallest absolute Gasteiger partial charge is 0.303 e. The first-order valence-electron chi connectivity index (χ1n) is 9.70. The zero-order valence-electron chi connectivity index (χ0n) is 16.3. The van der Waals surface area contributed by atoms with Crippen LogP contribution in [0.1, 0.15) is 98.3 Å². The number of unbranched alkanes of at least 4 members (excludes halogenated alkanes) is 8. The van der Waals surface area contributed by atoms with Crippen molar-refractivity contribution in [3.8, 4) is 0 Å².